The molecule has 1 aromatic carbocycles. The molecule has 1 atom stereocenters. The van der Waals surface area contributed by atoms with Gasteiger partial charge in [0, 0.05) is 23.9 Å². The number of carbonyl (C=O) groups is 1. The first kappa shape index (κ1) is 21.4. The third-order valence-electron chi connectivity index (χ3n) is 5.22. The molecule has 0 spiro atoms. The van der Waals surface area contributed by atoms with Crippen molar-refractivity contribution in [1.29, 1.82) is 5.26 Å². The first-order valence-electron chi connectivity index (χ1n) is 9.80. The fraction of sp³-hybridized carbons (Fsp3) is 0.273. The largest absolute Gasteiger partial charge is 0.497 e. The van der Waals surface area contributed by atoms with Gasteiger partial charge in [-0.05, 0) is 49.2 Å². The molecule has 7 nitrogen and oxygen atoms in total. The molecule has 2 aromatic heterocycles. The fourth-order valence-corrected chi connectivity index (χ4v) is 3.67. The number of benzene rings is 1. The minimum absolute atomic E-state index is 0.279. The second-order valence-electron chi connectivity index (χ2n) is 7.34. The predicted octanol–water partition coefficient (Wildman–Crippen LogP) is 4.11. The number of hydrogen-bond donors (Lipinski definition) is 1. The van der Waals surface area contributed by atoms with Gasteiger partial charge < -0.3 is 10.1 Å². The average molecular weight is 441 g/mol. The fourth-order valence-electron chi connectivity index (χ4n) is 3.67. The molecule has 1 amide bonds. The minimum Gasteiger partial charge on any atom is -0.497 e. The zero-order valence-electron chi connectivity index (χ0n) is 17.0. The van der Waals surface area contributed by atoms with Crippen LogP contribution in [-0.2, 0) is 12.7 Å². The molecule has 0 unspecified atom stereocenters. The van der Waals surface area contributed by atoms with Crippen molar-refractivity contribution < 1.29 is 22.7 Å². The average Bonchev–Trinajstić information content (AvgIpc) is 3.23. The van der Waals surface area contributed by atoms with Crippen molar-refractivity contribution in [2.24, 2.45) is 0 Å². The van der Waals surface area contributed by atoms with Gasteiger partial charge in [-0.25, -0.2) is 0 Å². The van der Waals surface area contributed by atoms with Crippen LogP contribution in [0.3, 0.4) is 0 Å². The molecule has 1 aliphatic rings. The molecule has 164 valence electrons. The number of fused-ring (bicyclic) bond motifs is 1. The maximum Gasteiger partial charge on any atom is 0.433 e. The lowest BCUT2D eigenvalue weighted by Gasteiger charge is -2.24. The summed E-state index contributed by atoms with van der Waals surface area (Å²) in [6.45, 7) is 0.594. The van der Waals surface area contributed by atoms with Gasteiger partial charge in [0.05, 0.1) is 36.2 Å². The molecule has 1 aliphatic heterocycles. The van der Waals surface area contributed by atoms with E-state index in [0.29, 0.717) is 41.2 Å². The van der Waals surface area contributed by atoms with Gasteiger partial charge in [-0.3, -0.25) is 14.5 Å². The van der Waals surface area contributed by atoms with Crippen LogP contribution in [0.25, 0.3) is 11.3 Å². The maximum atomic E-state index is 13.0. The van der Waals surface area contributed by atoms with E-state index in [1.807, 2.05) is 6.07 Å². The van der Waals surface area contributed by atoms with E-state index in [1.54, 1.807) is 10.7 Å². The van der Waals surface area contributed by atoms with Crippen molar-refractivity contribution in [1.82, 2.24) is 20.1 Å². The third-order valence-corrected chi connectivity index (χ3v) is 5.22. The van der Waals surface area contributed by atoms with E-state index in [-0.39, 0.29) is 17.5 Å². The Morgan fingerprint density at radius 1 is 1.28 bits per heavy atom. The molecular weight excluding hydrogens is 423 g/mol. The molecule has 0 saturated heterocycles. The zero-order valence-corrected chi connectivity index (χ0v) is 17.0. The summed E-state index contributed by atoms with van der Waals surface area (Å²) in [5, 5.41) is 16.5. The summed E-state index contributed by atoms with van der Waals surface area (Å²) in [4.78, 5) is 16.2. The van der Waals surface area contributed by atoms with Crippen molar-refractivity contribution in [2.75, 3.05) is 7.11 Å². The lowest BCUT2D eigenvalue weighted by atomic mass is 10.0. The first-order valence-corrected chi connectivity index (χ1v) is 9.80. The van der Waals surface area contributed by atoms with E-state index in [0.717, 1.165) is 18.7 Å². The number of halogens is 3. The zero-order chi connectivity index (χ0) is 22.9. The van der Waals surface area contributed by atoms with Gasteiger partial charge in [-0.1, -0.05) is 0 Å². The second kappa shape index (κ2) is 8.34. The number of nitrogens with zero attached hydrogens (tertiary/aromatic N) is 4. The number of aromatic nitrogens is 3. The Balaban J connectivity index is 1.61. The Hall–Kier alpha value is -3.87. The number of pyridine rings is 1. The summed E-state index contributed by atoms with van der Waals surface area (Å²) in [6, 6.07) is 10.3. The Bertz CT molecular complexity index is 1210. The van der Waals surface area contributed by atoms with Crippen LogP contribution < -0.4 is 10.1 Å². The van der Waals surface area contributed by atoms with Crippen LogP contribution in [0.2, 0.25) is 0 Å². The molecule has 0 saturated carbocycles. The Labute approximate surface area is 181 Å². The number of hydrogen-bond acceptors (Lipinski definition) is 5. The third kappa shape index (κ3) is 4.27. The number of ether oxygens (including phenoxy) is 1. The molecule has 0 bridgehead atoms. The molecule has 3 heterocycles. The highest BCUT2D eigenvalue weighted by Crippen LogP contribution is 2.33. The van der Waals surface area contributed by atoms with Gasteiger partial charge in [-0.2, -0.15) is 23.5 Å². The van der Waals surface area contributed by atoms with E-state index in [9.17, 15) is 23.2 Å². The monoisotopic (exact) mass is 441 g/mol. The highest BCUT2D eigenvalue weighted by molar-refractivity contribution is 5.95. The van der Waals surface area contributed by atoms with Crippen molar-refractivity contribution in [3.8, 4) is 23.1 Å². The lowest BCUT2D eigenvalue weighted by Crippen LogP contribution is -2.32. The summed E-state index contributed by atoms with van der Waals surface area (Å²) in [5.74, 6) is 0.00759. The molecule has 3 aromatic rings. The second-order valence-corrected chi connectivity index (χ2v) is 7.34. The standard InChI is InChI=1S/C22H18F3N5O2/c1-32-16-8-13(12-26)7-15(9-16)21(31)28-17-3-2-6-30-19(17)11-18(29-30)14-4-5-27-20(10-14)22(23,24)25/h4-5,7-11,17H,2-3,6H2,1H3,(H,28,31)/t17-/m0/s1. The van der Waals surface area contributed by atoms with E-state index in [2.05, 4.69) is 15.4 Å². The van der Waals surface area contributed by atoms with Crippen molar-refractivity contribution in [3.63, 3.8) is 0 Å². The molecule has 0 fully saturated rings. The van der Waals surface area contributed by atoms with Gasteiger partial charge >= 0.3 is 6.18 Å². The number of carbonyl (C=O) groups excluding carboxylic acids is 1. The number of aryl methyl sites for hydroxylation is 1. The molecule has 4 rings (SSSR count). The van der Waals surface area contributed by atoms with Crippen LogP contribution in [0.15, 0.2) is 42.6 Å². The topological polar surface area (TPSA) is 92.8 Å². The highest BCUT2D eigenvalue weighted by atomic mass is 19.4. The Morgan fingerprint density at radius 3 is 2.81 bits per heavy atom. The quantitative estimate of drug-likeness (QED) is 0.658. The predicted molar refractivity (Wildman–Crippen MR) is 108 cm³/mol. The van der Waals surface area contributed by atoms with Crippen LogP contribution in [0, 0.1) is 11.3 Å². The van der Waals surface area contributed by atoms with Crippen LogP contribution >= 0.6 is 0 Å². The lowest BCUT2D eigenvalue weighted by molar-refractivity contribution is -0.141. The number of alkyl halides is 3. The van der Waals surface area contributed by atoms with Crippen LogP contribution in [-0.4, -0.2) is 27.8 Å². The SMILES string of the molecule is COc1cc(C#N)cc(C(=O)N[C@H]2CCCn3nc(-c4ccnc(C(F)(F)F)c4)cc32)c1. The normalized spacial score (nSPS) is 15.5. The summed E-state index contributed by atoms with van der Waals surface area (Å²) >= 11 is 0. The van der Waals surface area contributed by atoms with Gasteiger partial charge in [0.2, 0.25) is 0 Å². The molecule has 1 N–H and O–H groups in total. The maximum absolute atomic E-state index is 13.0. The first-order chi connectivity index (χ1) is 15.3. The summed E-state index contributed by atoms with van der Waals surface area (Å²) in [6.07, 6.45) is -2.06. The van der Waals surface area contributed by atoms with Crippen molar-refractivity contribution >= 4 is 5.91 Å². The van der Waals surface area contributed by atoms with Crippen LogP contribution in [0.4, 0.5) is 13.2 Å². The van der Waals surface area contributed by atoms with Gasteiger partial charge in [0.1, 0.15) is 11.4 Å². The smallest absolute Gasteiger partial charge is 0.433 e. The van der Waals surface area contributed by atoms with E-state index < -0.39 is 11.9 Å². The number of methoxy groups -OCH3 is 1. The van der Waals surface area contributed by atoms with Crippen LogP contribution in [0.5, 0.6) is 5.75 Å². The summed E-state index contributed by atoms with van der Waals surface area (Å²) < 4.78 is 45.9. The molecule has 32 heavy (non-hydrogen) atoms. The summed E-state index contributed by atoms with van der Waals surface area (Å²) in [5.41, 5.74) is 0.962. The Kier molecular flexibility index (Phi) is 5.57. The van der Waals surface area contributed by atoms with Crippen molar-refractivity contribution in [2.45, 2.75) is 31.6 Å². The molecular formula is C22H18F3N5O2. The highest BCUT2D eigenvalue weighted by Gasteiger charge is 2.33. The number of nitriles is 1. The van der Waals surface area contributed by atoms with Gasteiger partial charge in [-0.15, -0.1) is 0 Å². The van der Waals surface area contributed by atoms with Crippen LogP contribution in [0.1, 0.15) is 46.2 Å². The molecule has 0 radical (unpaired) electrons. The van der Waals surface area contributed by atoms with E-state index in [4.69, 9.17) is 4.74 Å². The molecule has 10 heteroatoms. The van der Waals surface area contributed by atoms with Gasteiger partial charge in [0.25, 0.3) is 5.91 Å². The summed E-state index contributed by atoms with van der Waals surface area (Å²) in [7, 11) is 1.45. The minimum atomic E-state index is -4.55. The van der Waals surface area contributed by atoms with Gasteiger partial charge in [0.15, 0.2) is 0 Å². The van der Waals surface area contributed by atoms with E-state index in [1.165, 1.54) is 31.4 Å². The van der Waals surface area contributed by atoms with Crippen molar-refractivity contribution in [3.05, 3.63) is 65.1 Å². The Morgan fingerprint density at radius 2 is 2.09 bits per heavy atom. The number of amides is 1. The number of nitrogens with one attached hydrogen (secondary N) is 1. The molecule has 0 aliphatic carbocycles. The van der Waals surface area contributed by atoms with E-state index >= 15 is 0 Å². The number of rotatable bonds is 4.